The highest BCUT2D eigenvalue weighted by Crippen LogP contribution is 2.35. The van der Waals surface area contributed by atoms with Gasteiger partial charge in [-0.15, -0.1) is 0 Å². The number of hydrogen-bond acceptors (Lipinski definition) is 7. The highest BCUT2D eigenvalue weighted by molar-refractivity contribution is 6.47. The maximum atomic E-state index is 11.7. The van der Waals surface area contributed by atoms with Crippen LogP contribution < -0.4 is 15.5 Å². The van der Waals surface area contributed by atoms with Gasteiger partial charge in [0.1, 0.15) is 6.07 Å². The number of rotatable bonds is 6. The molecule has 1 rings (SSSR count). The van der Waals surface area contributed by atoms with Crippen molar-refractivity contribution >= 4 is 46.6 Å². The summed E-state index contributed by atoms with van der Waals surface area (Å²) in [4.78, 5) is 22.8. The van der Waals surface area contributed by atoms with E-state index >= 15 is 0 Å². The van der Waals surface area contributed by atoms with Gasteiger partial charge in [-0.05, 0) is 26.0 Å². The average molecular weight is 373 g/mol. The lowest BCUT2D eigenvalue weighted by molar-refractivity contribution is -0.114. The Kier molecular flexibility index (Phi) is 7.82. The molecule has 1 aromatic carbocycles. The van der Waals surface area contributed by atoms with Crippen LogP contribution in [0.3, 0.4) is 0 Å². The highest BCUT2D eigenvalue weighted by Gasteiger charge is 2.16. The SMILES string of the molecule is CCOC(=O)NC(=O)/C(C#N)=N\Nc1cc(Cl)c(OCC)c(Cl)c1. The summed E-state index contributed by atoms with van der Waals surface area (Å²) in [5, 5.41) is 14.9. The zero-order chi connectivity index (χ0) is 18.1. The van der Waals surface area contributed by atoms with Gasteiger partial charge in [0, 0.05) is 0 Å². The molecule has 0 aliphatic carbocycles. The number of anilines is 1. The summed E-state index contributed by atoms with van der Waals surface area (Å²) >= 11 is 12.1. The Balaban J connectivity index is 2.87. The number of benzene rings is 1. The van der Waals surface area contributed by atoms with Gasteiger partial charge in [0.05, 0.1) is 28.9 Å². The molecule has 0 aliphatic rings. The van der Waals surface area contributed by atoms with Crippen molar-refractivity contribution in [3.05, 3.63) is 22.2 Å². The van der Waals surface area contributed by atoms with Crippen LogP contribution in [0, 0.1) is 11.3 Å². The Hall–Kier alpha value is -2.50. The smallest absolute Gasteiger partial charge is 0.414 e. The van der Waals surface area contributed by atoms with Crippen LogP contribution in [0.5, 0.6) is 5.75 Å². The number of carbonyl (C=O) groups excluding carboxylic acids is 2. The van der Waals surface area contributed by atoms with Gasteiger partial charge in [0.15, 0.2) is 5.75 Å². The molecule has 0 bridgehead atoms. The maximum absolute atomic E-state index is 11.7. The zero-order valence-corrected chi connectivity index (χ0v) is 14.4. The van der Waals surface area contributed by atoms with E-state index in [4.69, 9.17) is 33.2 Å². The van der Waals surface area contributed by atoms with Crippen LogP contribution in [0.15, 0.2) is 17.2 Å². The molecule has 0 saturated carbocycles. The fraction of sp³-hybridized carbons (Fsp3) is 0.286. The van der Waals surface area contributed by atoms with Gasteiger partial charge in [0.2, 0.25) is 5.71 Å². The molecule has 128 valence electrons. The molecule has 2 amide bonds. The Labute approximate surface area is 148 Å². The zero-order valence-electron chi connectivity index (χ0n) is 12.9. The van der Waals surface area contributed by atoms with Crippen LogP contribution >= 0.6 is 23.2 Å². The van der Waals surface area contributed by atoms with E-state index in [0.29, 0.717) is 18.0 Å². The van der Waals surface area contributed by atoms with E-state index in [-0.39, 0.29) is 16.7 Å². The first-order chi connectivity index (χ1) is 11.4. The van der Waals surface area contributed by atoms with Gasteiger partial charge in [-0.25, -0.2) is 4.79 Å². The number of imide groups is 1. The van der Waals surface area contributed by atoms with Gasteiger partial charge < -0.3 is 9.47 Å². The molecule has 0 aromatic heterocycles. The molecule has 0 aliphatic heterocycles. The summed E-state index contributed by atoms with van der Waals surface area (Å²) in [5.41, 5.74) is 2.21. The van der Waals surface area contributed by atoms with Gasteiger partial charge >= 0.3 is 6.09 Å². The summed E-state index contributed by atoms with van der Waals surface area (Å²) in [7, 11) is 0. The van der Waals surface area contributed by atoms with E-state index in [9.17, 15) is 9.59 Å². The molecule has 0 spiro atoms. The maximum Gasteiger partial charge on any atom is 0.414 e. The van der Waals surface area contributed by atoms with Crippen LogP contribution in [0.1, 0.15) is 13.8 Å². The molecular formula is C14H14Cl2N4O4. The fourth-order valence-electron chi connectivity index (χ4n) is 1.47. The molecule has 24 heavy (non-hydrogen) atoms. The minimum atomic E-state index is -1.01. The third-order valence-electron chi connectivity index (χ3n) is 2.40. The van der Waals surface area contributed by atoms with E-state index < -0.39 is 17.7 Å². The minimum absolute atomic E-state index is 0.0829. The van der Waals surface area contributed by atoms with Gasteiger partial charge in [-0.2, -0.15) is 10.4 Å². The van der Waals surface area contributed by atoms with Crippen LogP contribution in [-0.2, 0) is 9.53 Å². The first-order valence-corrected chi connectivity index (χ1v) is 7.52. The van der Waals surface area contributed by atoms with E-state index in [1.165, 1.54) is 12.1 Å². The molecule has 10 heteroatoms. The fourth-order valence-corrected chi connectivity index (χ4v) is 2.07. The molecule has 0 saturated heterocycles. The topological polar surface area (TPSA) is 113 Å². The lowest BCUT2D eigenvalue weighted by Gasteiger charge is -2.10. The quantitative estimate of drug-likeness (QED) is 0.586. The standard InChI is InChI=1S/C14H14Cl2N4O4/c1-3-23-12-9(15)5-8(6-10(12)16)19-20-11(7-17)13(21)18-14(22)24-4-2/h5-6,19H,3-4H2,1-2H3,(H,18,21,22)/b20-11-. The van der Waals surface area contributed by atoms with Crippen molar-refractivity contribution in [3.63, 3.8) is 0 Å². The number of hydrazone groups is 1. The molecule has 0 radical (unpaired) electrons. The second-order valence-electron chi connectivity index (χ2n) is 4.06. The normalized spacial score (nSPS) is 10.5. The molecule has 0 unspecified atom stereocenters. The molecule has 1 aromatic rings. The Morgan fingerprint density at radius 2 is 1.88 bits per heavy atom. The number of nitrogens with zero attached hydrogens (tertiary/aromatic N) is 2. The summed E-state index contributed by atoms with van der Waals surface area (Å²) in [5.74, 6) is -0.692. The average Bonchev–Trinajstić information content (AvgIpc) is 2.51. The Bertz CT molecular complexity index is 678. The lowest BCUT2D eigenvalue weighted by atomic mass is 10.3. The van der Waals surface area contributed by atoms with Crippen LogP contribution in [0.4, 0.5) is 10.5 Å². The minimum Gasteiger partial charge on any atom is -0.491 e. The second kappa shape index (κ2) is 9.60. The first-order valence-electron chi connectivity index (χ1n) is 6.76. The number of nitrogens with one attached hydrogen (secondary N) is 2. The van der Waals surface area contributed by atoms with E-state index in [2.05, 4.69) is 15.3 Å². The Morgan fingerprint density at radius 3 is 2.38 bits per heavy atom. The van der Waals surface area contributed by atoms with Crippen molar-refractivity contribution in [3.8, 4) is 11.8 Å². The van der Waals surface area contributed by atoms with E-state index in [1.807, 2.05) is 5.32 Å². The number of carbonyl (C=O) groups is 2. The highest BCUT2D eigenvalue weighted by atomic mass is 35.5. The molecule has 0 atom stereocenters. The van der Waals surface area contributed by atoms with Crippen molar-refractivity contribution in [2.24, 2.45) is 5.10 Å². The molecule has 8 nitrogen and oxygen atoms in total. The Morgan fingerprint density at radius 1 is 1.25 bits per heavy atom. The van der Waals surface area contributed by atoms with Crippen molar-refractivity contribution in [2.45, 2.75) is 13.8 Å². The van der Waals surface area contributed by atoms with E-state index in [0.717, 1.165) is 0 Å². The van der Waals surface area contributed by atoms with Crippen LogP contribution in [0.25, 0.3) is 0 Å². The molecule has 0 fully saturated rings. The monoisotopic (exact) mass is 372 g/mol. The lowest BCUT2D eigenvalue weighted by Crippen LogP contribution is -2.36. The van der Waals surface area contributed by atoms with Crippen molar-refractivity contribution in [1.29, 1.82) is 5.26 Å². The molecule has 2 N–H and O–H groups in total. The summed E-state index contributed by atoms with van der Waals surface area (Å²) in [6, 6.07) is 4.47. The molecular weight excluding hydrogens is 359 g/mol. The van der Waals surface area contributed by atoms with Gasteiger partial charge in [-0.3, -0.25) is 15.5 Å². The van der Waals surface area contributed by atoms with Gasteiger partial charge in [0.25, 0.3) is 5.91 Å². The number of hydrogen-bond donors (Lipinski definition) is 2. The third-order valence-corrected chi connectivity index (χ3v) is 2.96. The van der Waals surface area contributed by atoms with Crippen molar-refractivity contribution in [2.75, 3.05) is 18.6 Å². The summed E-state index contributed by atoms with van der Waals surface area (Å²) in [6.45, 7) is 3.82. The largest absolute Gasteiger partial charge is 0.491 e. The summed E-state index contributed by atoms with van der Waals surface area (Å²) in [6.07, 6.45) is -0.974. The number of ether oxygens (including phenoxy) is 2. The van der Waals surface area contributed by atoms with Crippen LogP contribution in [-0.4, -0.2) is 30.9 Å². The summed E-state index contributed by atoms with van der Waals surface area (Å²) < 4.78 is 9.81. The first kappa shape index (κ1) is 19.5. The van der Waals surface area contributed by atoms with E-state index in [1.54, 1.807) is 19.9 Å². The number of nitriles is 1. The van der Waals surface area contributed by atoms with Crippen LogP contribution in [0.2, 0.25) is 10.0 Å². The predicted octanol–water partition coefficient (Wildman–Crippen LogP) is 2.96. The second-order valence-corrected chi connectivity index (χ2v) is 4.88. The van der Waals surface area contributed by atoms with Gasteiger partial charge in [-0.1, -0.05) is 23.2 Å². The number of halogens is 2. The predicted molar refractivity (Wildman–Crippen MR) is 89.5 cm³/mol. The van der Waals surface area contributed by atoms with Crippen molar-refractivity contribution < 1.29 is 19.1 Å². The van der Waals surface area contributed by atoms with Crippen molar-refractivity contribution in [1.82, 2.24) is 5.32 Å². The number of alkyl carbamates (subject to hydrolysis) is 1. The third kappa shape index (κ3) is 5.61. The molecule has 0 heterocycles. The number of amides is 2.